The molecule has 0 bridgehead atoms. The lowest BCUT2D eigenvalue weighted by Crippen LogP contribution is -2.54. The highest BCUT2D eigenvalue weighted by molar-refractivity contribution is 5.77. The predicted octanol–water partition coefficient (Wildman–Crippen LogP) is 2.22. The van der Waals surface area contributed by atoms with Gasteiger partial charge in [0.2, 0.25) is 0 Å². The van der Waals surface area contributed by atoms with E-state index >= 15 is 0 Å². The number of carboxylic acids is 1. The molecule has 2 amide bonds. The Hall–Kier alpha value is -1.26. The Balaban J connectivity index is 1.93. The molecule has 19 heavy (non-hydrogen) atoms. The molecule has 1 saturated carbocycles. The third kappa shape index (κ3) is 3.61. The van der Waals surface area contributed by atoms with Crippen molar-refractivity contribution in [3.8, 4) is 0 Å². The molecule has 2 aliphatic rings. The molecule has 0 radical (unpaired) electrons. The number of carboxylic acid groups (broad SMARTS) is 1. The maximum atomic E-state index is 12.3. The molecule has 0 aromatic heterocycles. The summed E-state index contributed by atoms with van der Waals surface area (Å²) in [6.45, 7) is 3.78. The minimum atomic E-state index is -0.825. The Bertz CT molecular complexity index is 343. The van der Waals surface area contributed by atoms with Gasteiger partial charge in [-0.2, -0.15) is 0 Å². The molecule has 0 atom stereocenters. The predicted molar refractivity (Wildman–Crippen MR) is 72.0 cm³/mol. The number of carbonyl (C=O) groups is 2. The van der Waals surface area contributed by atoms with Crippen LogP contribution in [-0.2, 0) is 4.79 Å². The van der Waals surface area contributed by atoms with E-state index in [4.69, 9.17) is 5.11 Å². The first-order valence-corrected chi connectivity index (χ1v) is 7.30. The Morgan fingerprint density at radius 1 is 1.26 bits per heavy atom. The summed E-state index contributed by atoms with van der Waals surface area (Å²) in [4.78, 5) is 25.1. The molecule has 1 aliphatic heterocycles. The van der Waals surface area contributed by atoms with E-state index in [0.717, 1.165) is 51.6 Å². The molecule has 2 N–H and O–H groups in total. The number of hydrogen-bond donors (Lipinski definition) is 2. The zero-order valence-electron chi connectivity index (χ0n) is 11.7. The monoisotopic (exact) mass is 268 g/mol. The van der Waals surface area contributed by atoms with E-state index in [9.17, 15) is 9.59 Å². The fourth-order valence-corrected chi connectivity index (χ4v) is 3.20. The van der Waals surface area contributed by atoms with Crippen LogP contribution >= 0.6 is 0 Å². The van der Waals surface area contributed by atoms with Gasteiger partial charge in [0, 0.05) is 13.1 Å². The van der Waals surface area contributed by atoms with Crippen molar-refractivity contribution in [1.82, 2.24) is 10.2 Å². The smallest absolute Gasteiger partial charge is 0.317 e. The van der Waals surface area contributed by atoms with Crippen molar-refractivity contribution in [2.24, 2.45) is 5.92 Å². The first kappa shape index (κ1) is 14.2. The number of nitrogens with zero attached hydrogens (tertiary/aromatic N) is 1. The number of piperidine rings is 1. The average molecular weight is 268 g/mol. The fourth-order valence-electron chi connectivity index (χ4n) is 3.20. The highest BCUT2D eigenvalue weighted by atomic mass is 16.4. The van der Waals surface area contributed by atoms with E-state index < -0.39 is 11.5 Å². The van der Waals surface area contributed by atoms with Crippen LogP contribution in [0.3, 0.4) is 0 Å². The minimum Gasteiger partial charge on any atom is -0.481 e. The van der Waals surface area contributed by atoms with Gasteiger partial charge < -0.3 is 15.3 Å². The lowest BCUT2D eigenvalue weighted by molar-refractivity contribution is -0.138. The van der Waals surface area contributed by atoms with Crippen LogP contribution in [0.25, 0.3) is 0 Å². The van der Waals surface area contributed by atoms with E-state index in [1.54, 1.807) is 0 Å². The summed E-state index contributed by atoms with van der Waals surface area (Å²) in [5, 5.41) is 12.0. The van der Waals surface area contributed by atoms with Gasteiger partial charge in [-0.25, -0.2) is 4.79 Å². The Morgan fingerprint density at radius 2 is 1.84 bits per heavy atom. The van der Waals surface area contributed by atoms with E-state index in [1.807, 2.05) is 4.90 Å². The molecule has 2 fully saturated rings. The van der Waals surface area contributed by atoms with Crippen LogP contribution in [0.5, 0.6) is 0 Å². The van der Waals surface area contributed by atoms with Crippen molar-refractivity contribution >= 4 is 12.0 Å². The highest BCUT2D eigenvalue weighted by Gasteiger charge is 2.38. The summed E-state index contributed by atoms with van der Waals surface area (Å²) >= 11 is 0. The standard InChI is InChI=1S/C14H24N2O3/c1-11-4-8-16(9-5-11)13(19)15-14(10-12(17)18)6-2-3-7-14/h11H,2-10H2,1H3,(H,15,19)(H,17,18). The summed E-state index contributed by atoms with van der Waals surface area (Å²) in [6.07, 6.45) is 5.71. The molecular weight excluding hydrogens is 244 g/mol. The maximum absolute atomic E-state index is 12.3. The van der Waals surface area contributed by atoms with Crippen molar-refractivity contribution < 1.29 is 14.7 Å². The van der Waals surface area contributed by atoms with Gasteiger partial charge in [-0.15, -0.1) is 0 Å². The normalized spacial score (nSPS) is 23.3. The highest BCUT2D eigenvalue weighted by Crippen LogP contribution is 2.33. The van der Waals surface area contributed by atoms with Gasteiger partial charge in [-0.3, -0.25) is 4.79 Å². The number of nitrogens with one attached hydrogen (secondary N) is 1. The van der Waals surface area contributed by atoms with E-state index in [0.29, 0.717) is 5.92 Å². The van der Waals surface area contributed by atoms with Crippen LogP contribution in [0.4, 0.5) is 4.79 Å². The minimum absolute atomic E-state index is 0.0446. The number of hydrogen-bond acceptors (Lipinski definition) is 2. The second-order valence-corrected chi connectivity index (χ2v) is 6.16. The molecule has 0 aromatic carbocycles. The quantitative estimate of drug-likeness (QED) is 0.824. The van der Waals surface area contributed by atoms with Crippen LogP contribution in [0, 0.1) is 5.92 Å². The fraction of sp³-hybridized carbons (Fsp3) is 0.857. The molecule has 1 saturated heterocycles. The van der Waals surface area contributed by atoms with Crippen molar-refractivity contribution in [2.45, 2.75) is 57.4 Å². The maximum Gasteiger partial charge on any atom is 0.317 e. The molecule has 108 valence electrons. The number of urea groups is 1. The first-order chi connectivity index (χ1) is 9.01. The zero-order valence-corrected chi connectivity index (χ0v) is 11.7. The van der Waals surface area contributed by atoms with Crippen LogP contribution < -0.4 is 5.32 Å². The molecule has 1 heterocycles. The van der Waals surface area contributed by atoms with Gasteiger partial charge in [0.15, 0.2) is 0 Å². The second kappa shape index (κ2) is 5.80. The molecular formula is C14H24N2O3. The molecule has 0 unspecified atom stereocenters. The topological polar surface area (TPSA) is 69.6 Å². The van der Waals surface area contributed by atoms with Crippen LogP contribution in [-0.4, -0.2) is 40.6 Å². The largest absolute Gasteiger partial charge is 0.481 e. The molecule has 5 heteroatoms. The molecule has 0 spiro atoms. The van der Waals surface area contributed by atoms with Crippen LogP contribution in [0.15, 0.2) is 0 Å². The van der Waals surface area contributed by atoms with Crippen LogP contribution in [0.1, 0.15) is 51.9 Å². The number of carbonyl (C=O) groups excluding carboxylic acids is 1. The van der Waals surface area contributed by atoms with Crippen molar-refractivity contribution in [1.29, 1.82) is 0 Å². The molecule has 1 aliphatic carbocycles. The third-order valence-corrected chi connectivity index (χ3v) is 4.49. The second-order valence-electron chi connectivity index (χ2n) is 6.16. The van der Waals surface area contributed by atoms with Gasteiger partial charge in [-0.1, -0.05) is 19.8 Å². The summed E-state index contributed by atoms with van der Waals surface area (Å²) in [7, 11) is 0. The summed E-state index contributed by atoms with van der Waals surface area (Å²) in [6, 6.07) is -0.0740. The van der Waals surface area contributed by atoms with Gasteiger partial charge in [-0.05, 0) is 31.6 Å². The van der Waals surface area contributed by atoms with Crippen molar-refractivity contribution in [3.63, 3.8) is 0 Å². The van der Waals surface area contributed by atoms with Gasteiger partial charge >= 0.3 is 12.0 Å². The van der Waals surface area contributed by atoms with Gasteiger partial charge in [0.1, 0.15) is 0 Å². The van der Waals surface area contributed by atoms with Gasteiger partial charge in [0.05, 0.1) is 12.0 Å². The summed E-state index contributed by atoms with van der Waals surface area (Å²) in [5.41, 5.74) is -0.508. The van der Waals surface area contributed by atoms with E-state index in [1.165, 1.54) is 0 Å². The third-order valence-electron chi connectivity index (χ3n) is 4.49. The first-order valence-electron chi connectivity index (χ1n) is 7.30. The average Bonchev–Trinajstić information content (AvgIpc) is 2.77. The number of rotatable bonds is 3. The number of likely N-dealkylation sites (tertiary alicyclic amines) is 1. The molecule has 0 aromatic rings. The lowest BCUT2D eigenvalue weighted by atomic mass is 9.93. The Labute approximate surface area is 114 Å². The SMILES string of the molecule is CC1CCN(C(=O)NC2(CC(=O)O)CCCC2)CC1. The van der Waals surface area contributed by atoms with Gasteiger partial charge in [0.25, 0.3) is 0 Å². The number of amides is 2. The number of aliphatic carboxylic acids is 1. The zero-order chi connectivity index (χ0) is 13.9. The Kier molecular flexibility index (Phi) is 4.32. The van der Waals surface area contributed by atoms with Crippen LogP contribution in [0.2, 0.25) is 0 Å². The summed E-state index contributed by atoms with van der Waals surface area (Å²) < 4.78 is 0. The molecule has 2 rings (SSSR count). The van der Waals surface area contributed by atoms with Crippen molar-refractivity contribution in [2.75, 3.05) is 13.1 Å². The lowest BCUT2D eigenvalue weighted by Gasteiger charge is -2.35. The van der Waals surface area contributed by atoms with Crippen molar-refractivity contribution in [3.05, 3.63) is 0 Å². The van der Waals surface area contributed by atoms with E-state index in [-0.39, 0.29) is 12.5 Å². The Morgan fingerprint density at radius 3 is 2.37 bits per heavy atom. The van der Waals surface area contributed by atoms with E-state index in [2.05, 4.69) is 12.2 Å². The molecule has 5 nitrogen and oxygen atoms in total. The summed E-state index contributed by atoms with van der Waals surface area (Å²) in [5.74, 6) is -0.141.